The van der Waals surface area contributed by atoms with Gasteiger partial charge in [-0.25, -0.2) is 4.79 Å². The Morgan fingerprint density at radius 1 is 1.10 bits per heavy atom. The van der Waals surface area contributed by atoms with E-state index in [0.29, 0.717) is 23.2 Å². The first kappa shape index (κ1) is 20.9. The first-order valence-corrected chi connectivity index (χ1v) is 10.5. The largest absolute Gasteiger partial charge is 0.454 e. The highest BCUT2D eigenvalue weighted by atomic mass is 16.5. The number of hydrogen-bond donors (Lipinski definition) is 0. The van der Waals surface area contributed by atoms with Crippen LogP contribution in [0.5, 0.6) is 0 Å². The van der Waals surface area contributed by atoms with E-state index in [1.807, 2.05) is 25.3 Å². The fourth-order valence-electron chi connectivity index (χ4n) is 4.14. The van der Waals surface area contributed by atoms with Gasteiger partial charge in [0, 0.05) is 46.5 Å². The van der Waals surface area contributed by atoms with Gasteiger partial charge in [-0.3, -0.25) is 9.36 Å². The molecule has 1 saturated carbocycles. The molecule has 0 atom stereocenters. The molecule has 3 heterocycles. The Morgan fingerprint density at radius 2 is 1.84 bits per heavy atom. The monoisotopic (exact) mass is 421 g/mol. The predicted molar refractivity (Wildman–Crippen MR) is 117 cm³/mol. The molecule has 0 radical (unpaired) electrons. The molecule has 0 aromatic carbocycles. The Kier molecular flexibility index (Phi) is 5.43. The van der Waals surface area contributed by atoms with Crippen molar-refractivity contribution in [1.29, 1.82) is 0 Å². The topological polar surface area (TPSA) is 79.3 Å². The van der Waals surface area contributed by atoms with Crippen LogP contribution in [0, 0.1) is 34.6 Å². The highest BCUT2D eigenvalue weighted by molar-refractivity contribution is 6.00. The van der Waals surface area contributed by atoms with Crippen molar-refractivity contribution in [3.8, 4) is 5.82 Å². The van der Waals surface area contributed by atoms with Gasteiger partial charge in [-0.2, -0.15) is 0 Å². The minimum atomic E-state index is -0.537. The fraction of sp³-hybridized carbons (Fsp3) is 0.375. The smallest absolute Gasteiger partial charge is 0.331 e. The molecule has 0 aliphatic heterocycles. The lowest BCUT2D eigenvalue weighted by Gasteiger charge is -2.06. The summed E-state index contributed by atoms with van der Waals surface area (Å²) < 4.78 is 14.5. The van der Waals surface area contributed by atoms with Crippen molar-refractivity contribution in [3.05, 3.63) is 63.9 Å². The number of carbonyl (C=O) groups is 2. The maximum atomic E-state index is 12.7. The number of hydrogen-bond acceptors (Lipinski definition) is 5. The molecule has 0 spiro atoms. The number of ketones is 1. The van der Waals surface area contributed by atoms with Crippen LogP contribution in [0.3, 0.4) is 0 Å². The average molecular weight is 421 g/mol. The zero-order valence-electron chi connectivity index (χ0n) is 18.6. The van der Waals surface area contributed by atoms with Gasteiger partial charge in [-0.15, -0.1) is 0 Å². The van der Waals surface area contributed by atoms with Crippen molar-refractivity contribution < 1.29 is 18.8 Å². The van der Waals surface area contributed by atoms with E-state index in [4.69, 9.17) is 9.26 Å². The highest BCUT2D eigenvalue weighted by Crippen LogP contribution is 2.38. The van der Waals surface area contributed by atoms with Crippen LogP contribution in [0.2, 0.25) is 0 Å². The van der Waals surface area contributed by atoms with E-state index >= 15 is 0 Å². The van der Waals surface area contributed by atoms with E-state index in [0.717, 1.165) is 22.6 Å². The Labute approximate surface area is 181 Å². The van der Waals surface area contributed by atoms with E-state index < -0.39 is 5.97 Å². The van der Waals surface area contributed by atoms with Crippen molar-refractivity contribution in [2.75, 3.05) is 6.61 Å². The normalized spacial score (nSPS) is 13.8. The van der Waals surface area contributed by atoms with Gasteiger partial charge in [0.15, 0.2) is 12.4 Å². The minimum Gasteiger partial charge on any atom is -0.454 e. The van der Waals surface area contributed by atoms with Crippen molar-refractivity contribution in [2.45, 2.75) is 53.5 Å². The lowest BCUT2D eigenvalue weighted by atomic mass is 10.1. The van der Waals surface area contributed by atoms with Gasteiger partial charge in [0.05, 0.1) is 0 Å². The van der Waals surface area contributed by atoms with E-state index in [1.165, 1.54) is 24.6 Å². The van der Waals surface area contributed by atoms with Gasteiger partial charge in [-0.05, 0) is 71.2 Å². The van der Waals surface area contributed by atoms with E-state index in [9.17, 15) is 9.59 Å². The number of Topliss-reactive ketones (excluding diaryl/α,β-unsaturated/α-hetero) is 1. The number of aryl methyl sites for hydroxylation is 3. The standard InChI is InChI=1S/C24H27N3O4/c1-14-10-19(17(4)26(14)20-7-8-20)6-9-24(29)30-13-22(28)21-11-15(2)27(18(21)5)23-12-16(3)31-25-23/h6,9-12,20H,7-8,13H2,1-5H3/b9-6+. The summed E-state index contributed by atoms with van der Waals surface area (Å²) in [6.07, 6.45) is 5.56. The van der Waals surface area contributed by atoms with Crippen molar-refractivity contribution in [1.82, 2.24) is 14.3 Å². The second kappa shape index (κ2) is 8.06. The third kappa shape index (κ3) is 4.13. The quantitative estimate of drug-likeness (QED) is 0.317. The van der Waals surface area contributed by atoms with Crippen LogP contribution < -0.4 is 0 Å². The van der Waals surface area contributed by atoms with Gasteiger partial charge in [0.25, 0.3) is 0 Å². The molecule has 1 fully saturated rings. The second-order valence-corrected chi connectivity index (χ2v) is 8.21. The van der Waals surface area contributed by atoms with E-state index in [1.54, 1.807) is 18.2 Å². The Hall–Kier alpha value is -3.35. The van der Waals surface area contributed by atoms with E-state index in [2.05, 4.69) is 29.6 Å². The molecule has 3 aromatic heterocycles. The van der Waals surface area contributed by atoms with Gasteiger partial charge >= 0.3 is 5.97 Å². The van der Waals surface area contributed by atoms with Gasteiger partial charge < -0.3 is 13.8 Å². The molecule has 4 rings (SSSR count). The first-order valence-electron chi connectivity index (χ1n) is 10.5. The van der Waals surface area contributed by atoms with Crippen molar-refractivity contribution in [3.63, 3.8) is 0 Å². The number of ether oxygens (including phenoxy) is 1. The zero-order chi connectivity index (χ0) is 22.3. The molecule has 1 aliphatic carbocycles. The van der Waals surface area contributed by atoms with Gasteiger partial charge in [0.2, 0.25) is 5.78 Å². The second-order valence-electron chi connectivity index (χ2n) is 8.21. The molecule has 7 nitrogen and oxygen atoms in total. The molecule has 0 bridgehead atoms. The summed E-state index contributed by atoms with van der Waals surface area (Å²) in [5.41, 5.74) is 5.43. The van der Waals surface area contributed by atoms with Crippen molar-refractivity contribution >= 4 is 17.8 Å². The summed E-state index contributed by atoms with van der Waals surface area (Å²) in [4.78, 5) is 24.9. The molecule has 0 saturated heterocycles. The number of aromatic nitrogens is 3. The minimum absolute atomic E-state index is 0.256. The molecule has 0 unspecified atom stereocenters. The van der Waals surface area contributed by atoms with Gasteiger partial charge in [0.1, 0.15) is 5.76 Å². The molecule has 3 aromatic rings. The number of rotatable bonds is 7. The Bertz CT molecular complexity index is 1190. The third-order valence-corrected chi connectivity index (χ3v) is 5.76. The van der Waals surface area contributed by atoms with Crippen LogP contribution in [0.1, 0.15) is 63.3 Å². The summed E-state index contributed by atoms with van der Waals surface area (Å²) in [5, 5.41) is 4.02. The molecule has 0 amide bonds. The van der Waals surface area contributed by atoms with Crippen LogP contribution in [0.15, 0.2) is 28.8 Å². The molecule has 162 valence electrons. The molecular weight excluding hydrogens is 394 g/mol. The molecule has 31 heavy (non-hydrogen) atoms. The van der Waals surface area contributed by atoms with Crippen molar-refractivity contribution in [2.24, 2.45) is 0 Å². The SMILES string of the molecule is Cc1cc(-n2c(C)cc(C(=O)COC(=O)/C=C/c3cc(C)n(C4CC4)c3C)c2C)no1. The predicted octanol–water partition coefficient (Wildman–Crippen LogP) is 4.58. The van der Waals surface area contributed by atoms with Crippen LogP contribution >= 0.6 is 0 Å². The summed E-state index contributed by atoms with van der Waals surface area (Å²) in [5.74, 6) is 0.517. The molecule has 0 N–H and O–H groups in total. The number of nitrogens with zero attached hydrogens (tertiary/aromatic N) is 3. The van der Waals surface area contributed by atoms with Crippen LogP contribution in [-0.4, -0.2) is 32.7 Å². The summed E-state index contributed by atoms with van der Waals surface area (Å²) in [7, 11) is 0. The number of carbonyl (C=O) groups excluding carboxylic acids is 2. The maximum Gasteiger partial charge on any atom is 0.331 e. The zero-order valence-corrected chi connectivity index (χ0v) is 18.6. The number of esters is 1. The lowest BCUT2D eigenvalue weighted by Crippen LogP contribution is -2.13. The van der Waals surface area contributed by atoms with Gasteiger partial charge in [-0.1, -0.05) is 5.16 Å². The lowest BCUT2D eigenvalue weighted by molar-refractivity contribution is -0.136. The highest BCUT2D eigenvalue weighted by Gasteiger charge is 2.26. The summed E-state index contributed by atoms with van der Waals surface area (Å²) in [6, 6.07) is 6.24. The molecular formula is C24H27N3O4. The first-order chi connectivity index (χ1) is 14.8. The summed E-state index contributed by atoms with van der Waals surface area (Å²) in [6.45, 7) is 9.37. The summed E-state index contributed by atoms with van der Waals surface area (Å²) >= 11 is 0. The van der Waals surface area contributed by atoms with Crippen LogP contribution in [0.4, 0.5) is 0 Å². The average Bonchev–Trinajstić information content (AvgIpc) is 3.30. The third-order valence-electron chi connectivity index (χ3n) is 5.76. The molecule has 7 heteroatoms. The fourth-order valence-corrected chi connectivity index (χ4v) is 4.14. The Balaban J connectivity index is 1.41. The maximum absolute atomic E-state index is 12.7. The molecule has 1 aliphatic rings. The Morgan fingerprint density at radius 3 is 2.48 bits per heavy atom. The van der Waals surface area contributed by atoms with E-state index in [-0.39, 0.29) is 12.4 Å². The van der Waals surface area contributed by atoms with Crippen LogP contribution in [0.25, 0.3) is 11.9 Å². The van der Waals surface area contributed by atoms with Crippen LogP contribution in [-0.2, 0) is 9.53 Å².